The molecule has 174 valence electrons. The molecule has 0 bridgehead atoms. The number of nitrogens with zero attached hydrogens (tertiary/aromatic N) is 1. The van der Waals surface area contributed by atoms with Crippen LogP contribution in [0, 0.1) is 13.8 Å². The molecule has 0 aliphatic rings. The molecular weight excluding hydrogens is 447 g/mol. The van der Waals surface area contributed by atoms with Crippen molar-refractivity contribution in [1.29, 1.82) is 0 Å². The highest BCUT2D eigenvalue weighted by Crippen LogP contribution is 2.27. The molecule has 2 aromatic rings. The second-order valence-corrected chi connectivity index (χ2v) is 8.89. The molecule has 0 heterocycles. The van der Waals surface area contributed by atoms with Gasteiger partial charge in [0.25, 0.3) is 5.91 Å². The second kappa shape index (κ2) is 12.1. The highest BCUT2D eigenvalue weighted by atomic mass is 35.5. The van der Waals surface area contributed by atoms with E-state index in [0.717, 1.165) is 17.5 Å². The fourth-order valence-electron chi connectivity index (χ4n) is 3.46. The number of nitrogens with one attached hydrogen (secondary N) is 1. The Morgan fingerprint density at radius 3 is 2.16 bits per heavy atom. The van der Waals surface area contributed by atoms with Crippen molar-refractivity contribution in [3.63, 3.8) is 0 Å². The largest absolute Gasteiger partial charge is 0.484 e. The number of hydrogen-bond acceptors (Lipinski definition) is 3. The van der Waals surface area contributed by atoms with E-state index in [0.29, 0.717) is 27.8 Å². The standard InChI is InChI=1S/C25H32Cl2N2O3/c1-6-18(5)28-25(31)23(7-2)29(14-20-21(26)9-8-10-22(20)27)24(30)15-32-19-12-16(3)11-17(4)13-19/h8-13,18,23H,6-7,14-15H2,1-5H3,(H,28,31)/t18-,23-/m1/s1. The Kier molecular flexibility index (Phi) is 9.85. The van der Waals surface area contributed by atoms with Gasteiger partial charge in [-0.3, -0.25) is 9.59 Å². The lowest BCUT2D eigenvalue weighted by molar-refractivity contribution is -0.143. The maximum atomic E-state index is 13.3. The van der Waals surface area contributed by atoms with Crippen molar-refractivity contribution in [2.24, 2.45) is 0 Å². The molecule has 0 unspecified atom stereocenters. The van der Waals surface area contributed by atoms with E-state index in [4.69, 9.17) is 27.9 Å². The van der Waals surface area contributed by atoms with Crippen LogP contribution in [0.1, 0.15) is 50.3 Å². The summed E-state index contributed by atoms with van der Waals surface area (Å²) in [6.07, 6.45) is 1.24. The van der Waals surface area contributed by atoms with Crippen LogP contribution in [0.3, 0.4) is 0 Å². The fourth-order valence-corrected chi connectivity index (χ4v) is 3.98. The molecule has 2 amide bonds. The maximum Gasteiger partial charge on any atom is 0.261 e. The van der Waals surface area contributed by atoms with Crippen LogP contribution in [0.5, 0.6) is 5.75 Å². The van der Waals surface area contributed by atoms with Crippen molar-refractivity contribution in [3.8, 4) is 5.75 Å². The van der Waals surface area contributed by atoms with Gasteiger partial charge in [0.2, 0.25) is 5.91 Å². The number of hydrogen-bond donors (Lipinski definition) is 1. The van der Waals surface area contributed by atoms with Crippen LogP contribution >= 0.6 is 23.2 Å². The Hall–Kier alpha value is -2.24. The van der Waals surface area contributed by atoms with Crippen molar-refractivity contribution in [3.05, 3.63) is 63.1 Å². The Morgan fingerprint density at radius 1 is 1.03 bits per heavy atom. The monoisotopic (exact) mass is 478 g/mol. The number of halogens is 2. The van der Waals surface area contributed by atoms with Crippen LogP contribution < -0.4 is 10.1 Å². The number of carbonyl (C=O) groups excluding carboxylic acids is 2. The molecule has 7 heteroatoms. The van der Waals surface area contributed by atoms with E-state index in [1.807, 2.05) is 52.8 Å². The van der Waals surface area contributed by atoms with Gasteiger partial charge < -0.3 is 15.0 Å². The molecule has 0 aliphatic heterocycles. The molecule has 1 N–H and O–H groups in total. The first kappa shape index (κ1) is 26.0. The lowest BCUT2D eigenvalue weighted by Gasteiger charge is -2.32. The van der Waals surface area contributed by atoms with Crippen LogP contribution in [0.2, 0.25) is 10.0 Å². The van der Waals surface area contributed by atoms with E-state index in [2.05, 4.69) is 5.32 Å². The van der Waals surface area contributed by atoms with Gasteiger partial charge in [0, 0.05) is 28.2 Å². The van der Waals surface area contributed by atoms with E-state index >= 15 is 0 Å². The summed E-state index contributed by atoms with van der Waals surface area (Å²) in [5.74, 6) is 0.0970. The Balaban J connectivity index is 2.30. The third kappa shape index (κ3) is 7.14. The first-order valence-corrected chi connectivity index (χ1v) is 11.7. The summed E-state index contributed by atoms with van der Waals surface area (Å²) >= 11 is 12.7. The van der Waals surface area contributed by atoms with Crippen molar-refractivity contribution >= 4 is 35.0 Å². The molecule has 0 spiro atoms. The first-order valence-electron chi connectivity index (χ1n) is 10.9. The van der Waals surface area contributed by atoms with E-state index in [9.17, 15) is 9.59 Å². The minimum Gasteiger partial charge on any atom is -0.484 e. The van der Waals surface area contributed by atoms with Gasteiger partial charge in [-0.25, -0.2) is 0 Å². The van der Waals surface area contributed by atoms with Crippen molar-refractivity contribution in [2.45, 2.75) is 66.1 Å². The van der Waals surface area contributed by atoms with E-state index < -0.39 is 6.04 Å². The normalized spacial score (nSPS) is 12.7. The molecule has 0 saturated heterocycles. The minimum atomic E-state index is -0.674. The van der Waals surface area contributed by atoms with Gasteiger partial charge in [0.1, 0.15) is 11.8 Å². The molecule has 32 heavy (non-hydrogen) atoms. The molecular formula is C25H32Cl2N2O3. The van der Waals surface area contributed by atoms with E-state index in [-0.39, 0.29) is 31.0 Å². The fraction of sp³-hybridized carbons (Fsp3) is 0.440. The van der Waals surface area contributed by atoms with Gasteiger partial charge in [-0.2, -0.15) is 0 Å². The van der Waals surface area contributed by atoms with Gasteiger partial charge in [-0.05, 0) is 69.0 Å². The number of aryl methyl sites for hydroxylation is 2. The van der Waals surface area contributed by atoms with Crippen molar-refractivity contribution in [1.82, 2.24) is 10.2 Å². The highest BCUT2D eigenvalue weighted by Gasteiger charge is 2.30. The number of carbonyl (C=O) groups is 2. The average Bonchev–Trinajstić information content (AvgIpc) is 2.73. The zero-order valence-corrected chi connectivity index (χ0v) is 20.9. The summed E-state index contributed by atoms with van der Waals surface area (Å²) in [5, 5.41) is 3.87. The van der Waals surface area contributed by atoms with Crippen LogP contribution in [0.15, 0.2) is 36.4 Å². The molecule has 2 aromatic carbocycles. The molecule has 2 rings (SSSR count). The van der Waals surface area contributed by atoms with Crippen molar-refractivity contribution < 1.29 is 14.3 Å². The zero-order valence-electron chi connectivity index (χ0n) is 19.4. The van der Waals surface area contributed by atoms with Gasteiger partial charge in [0.15, 0.2) is 6.61 Å². The molecule has 0 aromatic heterocycles. The maximum absolute atomic E-state index is 13.3. The minimum absolute atomic E-state index is 0.00363. The summed E-state index contributed by atoms with van der Waals surface area (Å²) in [6.45, 7) is 9.67. The zero-order chi connectivity index (χ0) is 23.8. The van der Waals surface area contributed by atoms with Gasteiger partial charge in [0.05, 0.1) is 0 Å². The van der Waals surface area contributed by atoms with Crippen LogP contribution in [0.4, 0.5) is 0 Å². The summed E-state index contributed by atoms with van der Waals surface area (Å²) in [7, 11) is 0. The Labute approximate surface area is 201 Å². The topological polar surface area (TPSA) is 58.6 Å². The summed E-state index contributed by atoms with van der Waals surface area (Å²) in [4.78, 5) is 27.8. The smallest absolute Gasteiger partial charge is 0.261 e. The third-order valence-corrected chi connectivity index (χ3v) is 6.04. The molecule has 5 nitrogen and oxygen atoms in total. The molecule has 0 aliphatic carbocycles. The lowest BCUT2D eigenvalue weighted by Crippen LogP contribution is -2.51. The number of amides is 2. The predicted molar refractivity (Wildman–Crippen MR) is 130 cm³/mol. The predicted octanol–water partition coefficient (Wildman–Crippen LogP) is 5.71. The number of ether oxygens (including phenoxy) is 1. The first-order chi connectivity index (χ1) is 15.2. The SMILES string of the molecule is CC[C@@H](C)NC(=O)[C@@H](CC)N(Cc1c(Cl)cccc1Cl)C(=O)COc1cc(C)cc(C)c1. The second-order valence-electron chi connectivity index (χ2n) is 8.08. The summed E-state index contributed by atoms with van der Waals surface area (Å²) in [6, 6.07) is 10.3. The van der Waals surface area contributed by atoms with Crippen LogP contribution in [0.25, 0.3) is 0 Å². The van der Waals surface area contributed by atoms with Crippen LogP contribution in [-0.4, -0.2) is 35.4 Å². The van der Waals surface area contributed by atoms with E-state index in [1.54, 1.807) is 18.2 Å². The Morgan fingerprint density at radius 2 is 1.62 bits per heavy atom. The quantitative estimate of drug-likeness (QED) is 0.475. The Bertz CT molecular complexity index is 908. The van der Waals surface area contributed by atoms with E-state index in [1.165, 1.54) is 4.90 Å². The van der Waals surface area contributed by atoms with Gasteiger partial charge >= 0.3 is 0 Å². The average molecular weight is 479 g/mol. The molecule has 0 saturated carbocycles. The lowest BCUT2D eigenvalue weighted by atomic mass is 10.1. The third-order valence-electron chi connectivity index (χ3n) is 5.33. The number of rotatable bonds is 10. The van der Waals surface area contributed by atoms with Crippen LogP contribution in [-0.2, 0) is 16.1 Å². The summed E-state index contributed by atoms with van der Waals surface area (Å²) in [5.41, 5.74) is 2.70. The molecule has 2 atom stereocenters. The molecule has 0 fully saturated rings. The highest BCUT2D eigenvalue weighted by molar-refractivity contribution is 6.36. The molecule has 0 radical (unpaired) electrons. The van der Waals surface area contributed by atoms with Gasteiger partial charge in [-0.15, -0.1) is 0 Å². The number of benzene rings is 2. The summed E-state index contributed by atoms with van der Waals surface area (Å²) < 4.78 is 5.80. The van der Waals surface area contributed by atoms with Crippen molar-refractivity contribution in [2.75, 3.05) is 6.61 Å². The van der Waals surface area contributed by atoms with Gasteiger partial charge in [-0.1, -0.05) is 49.2 Å².